The lowest BCUT2D eigenvalue weighted by Gasteiger charge is -1.94. The number of carbonyl (C=O) groups is 1. The van der Waals surface area contributed by atoms with Gasteiger partial charge in [0.1, 0.15) is 0 Å². The first kappa shape index (κ1) is 9.55. The lowest BCUT2D eigenvalue weighted by molar-refractivity contribution is -0.140. The molecule has 0 radical (unpaired) electrons. The van der Waals surface area contributed by atoms with E-state index in [-0.39, 0.29) is 5.97 Å². The van der Waals surface area contributed by atoms with Crippen molar-refractivity contribution in [1.29, 1.82) is 0 Å². The minimum atomic E-state index is -0.265. The smallest absolute Gasteiger partial charge is 0.302 e. The third kappa shape index (κ3) is 8.55. The lowest BCUT2D eigenvalue weighted by Crippen LogP contribution is -1.98. The van der Waals surface area contributed by atoms with Crippen molar-refractivity contribution in [1.82, 2.24) is 0 Å². The second-order valence-electron chi connectivity index (χ2n) is 1.81. The third-order valence-electron chi connectivity index (χ3n) is 0.852. The molecule has 0 aromatic rings. The summed E-state index contributed by atoms with van der Waals surface area (Å²) < 4.78 is 4.65. The van der Waals surface area contributed by atoms with E-state index < -0.39 is 0 Å². The first-order valence-corrected chi connectivity index (χ1v) is 3.26. The maximum absolute atomic E-state index is 10.2. The molecule has 0 aromatic heterocycles. The summed E-state index contributed by atoms with van der Waals surface area (Å²) in [7, 11) is 0. The molecule has 0 rings (SSSR count). The van der Waals surface area contributed by atoms with E-state index in [2.05, 4.69) is 16.4 Å². The molecule has 0 bridgehead atoms. The van der Waals surface area contributed by atoms with Crippen LogP contribution in [0.3, 0.4) is 0 Å². The Hall–Kier alpha value is -1.45. The first-order chi connectivity index (χ1) is 5.27. The van der Waals surface area contributed by atoms with Crippen LogP contribution in [0.2, 0.25) is 0 Å². The fraction of sp³-hybridized carbons (Fsp3) is 0.333. The molecule has 0 aromatic carbocycles. The summed E-state index contributed by atoms with van der Waals surface area (Å²) in [5.74, 6) is 2.03. The van der Waals surface area contributed by atoms with Gasteiger partial charge in [0.05, 0.1) is 6.61 Å². The highest BCUT2D eigenvalue weighted by molar-refractivity contribution is 5.65. The molecular weight excluding hydrogens is 140 g/mol. The van der Waals surface area contributed by atoms with Crippen LogP contribution in [-0.4, -0.2) is 12.6 Å². The summed E-state index contributed by atoms with van der Waals surface area (Å²) in [6.45, 7) is 1.77. The van der Waals surface area contributed by atoms with E-state index >= 15 is 0 Å². The number of ether oxygens (including phenoxy) is 1. The van der Waals surface area contributed by atoms with Crippen molar-refractivity contribution in [3.05, 3.63) is 17.9 Å². The van der Waals surface area contributed by atoms with E-state index in [0.717, 1.165) is 0 Å². The Kier molecular flexibility index (Phi) is 5.79. The molecule has 0 aliphatic carbocycles. The van der Waals surface area contributed by atoms with E-state index in [4.69, 9.17) is 6.42 Å². The van der Waals surface area contributed by atoms with Crippen LogP contribution in [0.1, 0.15) is 13.3 Å². The Morgan fingerprint density at radius 2 is 2.45 bits per heavy atom. The van der Waals surface area contributed by atoms with Crippen LogP contribution in [0.15, 0.2) is 17.9 Å². The van der Waals surface area contributed by atoms with Crippen LogP contribution in [0.5, 0.6) is 0 Å². The van der Waals surface area contributed by atoms with Crippen molar-refractivity contribution in [3.8, 4) is 12.3 Å². The molecule has 0 aliphatic heterocycles. The Morgan fingerprint density at radius 1 is 1.73 bits per heavy atom. The molecule has 0 saturated carbocycles. The zero-order valence-corrected chi connectivity index (χ0v) is 6.46. The monoisotopic (exact) mass is 150 g/mol. The normalized spacial score (nSPS) is 7.27. The van der Waals surface area contributed by atoms with Crippen LogP contribution < -0.4 is 0 Å². The zero-order valence-electron chi connectivity index (χ0n) is 6.46. The van der Waals surface area contributed by atoms with Crippen molar-refractivity contribution in [3.63, 3.8) is 0 Å². The quantitative estimate of drug-likeness (QED) is 0.262. The summed E-state index contributed by atoms with van der Waals surface area (Å²) in [4.78, 5) is 10.2. The van der Waals surface area contributed by atoms with Crippen molar-refractivity contribution in [2.45, 2.75) is 13.3 Å². The lowest BCUT2D eigenvalue weighted by atomic mass is 10.4. The van der Waals surface area contributed by atoms with Gasteiger partial charge in [-0.3, -0.25) is 4.79 Å². The Bertz CT molecular complexity index is 214. The summed E-state index contributed by atoms with van der Waals surface area (Å²) >= 11 is 0. The second-order valence-corrected chi connectivity index (χ2v) is 1.81. The molecular formula is C9H10O2. The summed E-state index contributed by atoms with van der Waals surface area (Å²) in [6.07, 6.45) is 8.76. The van der Waals surface area contributed by atoms with Crippen molar-refractivity contribution in [2.75, 3.05) is 6.61 Å². The first-order valence-electron chi connectivity index (χ1n) is 3.26. The van der Waals surface area contributed by atoms with E-state index in [1.807, 2.05) is 0 Å². The van der Waals surface area contributed by atoms with Gasteiger partial charge in [-0.15, -0.1) is 12.2 Å². The van der Waals surface area contributed by atoms with E-state index in [1.165, 1.54) is 13.0 Å². The minimum Gasteiger partial charge on any atom is -0.466 e. The molecule has 11 heavy (non-hydrogen) atoms. The SMILES string of the molecule is C#CC=C=CCCOC(C)=O. The third-order valence-corrected chi connectivity index (χ3v) is 0.852. The zero-order chi connectivity index (χ0) is 8.53. The molecule has 58 valence electrons. The number of carbonyl (C=O) groups excluding carboxylic acids is 1. The second kappa shape index (κ2) is 6.67. The van der Waals surface area contributed by atoms with Gasteiger partial charge in [-0.05, 0) is 6.08 Å². The topological polar surface area (TPSA) is 26.3 Å². The van der Waals surface area contributed by atoms with Crippen LogP contribution >= 0.6 is 0 Å². The standard InChI is InChI=1S/C9H10O2/c1-3-4-5-6-7-8-11-9(2)10/h1,4,6H,7-8H2,2H3. The highest BCUT2D eigenvalue weighted by atomic mass is 16.5. The molecule has 2 heteroatoms. The largest absolute Gasteiger partial charge is 0.466 e. The van der Waals surface area contributed by atoms with Gasteiger partial charge in [0.25, 0.3) is 0 Å². The Labute approximate surface area is 66.6 Å². The van der Waals surface area contributed by atoms with E-state index in [9.17, 15) is 4.79 Å². The maximum Gasteiger partial charge on any atom is 0.302 e. The van der Waals surface area contributed by atoms with Crippen LogP contribution in [0.4, 0.5) is 0 Å². The van der Waals surface area contributed by atoms with Crippen LogP contribution in [0.25, 0.3) is 0 Å². The van der Waals surface area contributed by atoms with E-state index in [1.54, 1.807) is 6.08 Å². The van der Waals surface area contributed by atoms with Crippen LogP contribution in [0, 0.1) is 12.3 Å². The number of hydrogen-bond donors (Lipinski definition) is 0. The number of terminal acetylenes is 1. The Balaban J connectivity index is 3.36. The molecule has 0 spiro atoms. The molecule has 0 atom stereocenters. The van der Waals surface area contributed by atoms with Gasteiger partial charge in [0.2, 0.25) is 0 Å². The molecule has 0 saturated heterocycles. The van der Waals surface area contributed by atoms with Gasteiger partial charge in [0, 0.05) is 19.4 Å². The van der Waals surface area contributed by atoms with Gasteiger partial charge in [-0.25, -0.2) is 0 Å². The highest BCUT2D eigenvalue weighted by Gasteiger charge is 1.87. The summed E-state index contributed by atoms with van der Waals surface area (Å²) in [5, 5.41) is 0. The molecule has 0 N–H and O–H groups in total. The average Bonchev–Trinajstić information content (AvgIpc) is 1.96. The highest BCUT2D eigenvalue weighted by Crippen LogP contribution is 1.83. The van der Waals surface area contributed by atoms with Gasteiger partial charge in [-0.2, -0.15) is 0 Å². The predicted octanol–water partition coefficient (Wildman–Crippen LogP) is 1.28. The molecule has 0 heterocycles. The van der Waals surface area contributed by atoms with Crippen molar-refractivity contribution >= 4 is 5.97 Å². The number of rotatable bonds is 3. The molecule has 0 unspecified atom stereocenters. The summed E-state index contributed by atoms with van der Waals surface area (Å²) in [6, 6.07) is 0. The van der Waals surface area contributed by atoms with E-state index in [0.29, 0.717) is 13.0 Å². The van der Waals surface area contributed by atoms with Crippen molar-refractivity contribution in [2.24, 2.45) is 0 Å². The average molecular weight is 150 g/mol. The molecule has 0 amide bonds. The van der Waals surface area contributed by atoms with Crippen LogP contribution in [-0.2, 0) is 9.53 Å². The molecule has 0 aliphatic rings. The summed E-state index contributed by atoms with van der Waals surface area (Å²) in [5.41, 5.74) is 2.73. The predicted molar refractivity (Wildman–Crippen MR) is 42.7 cm³/mol. The molecule has 2 nitrogen and oxygen atoms in total. The minimum absolute atomic E-state index is 0.265. The van der Waals surface area contributed by atoms with Crippen molar-refractivity contribution < 1.29 is 9.53 Å². The molecule has 0 fully saturated rings. The number of esters is 1. The fourth-order valence-corrected chi connectivity index (χ4v) is 0.452. The Morgan fingerprint density at radius 3 is 3.00 bits per heavy atom. The number of hydrogen-bond acceptors (Lipinski definition) is 2. The van der Waals surface area contributed by atoms with Gasteiger partial charge < -0.3 is 4.74 Å². The van der Waals surface area contributed by atoms with Gasteiger partial charge in [0.15, 0.2) is 0 Å². The maximum atomic E-state index is 10.2. The van der Waals surface area contributed by atoms with Gasteiger partial charge in [-0.1, -0.05) is 5.92 Å². The fourth-order valence-electron chi connectivity index (χ4n) is 0.452. The van der Waals surface area contributed by atoms with Gasteiger partial charge >= 0.3 is 5.97 Å².